The van der Waals surface area contributed by atoms with E-state index in [9.17, 15) is 4.79 Å². The van der Waals surface area contributed by atoms with Gasteiger partial charge in [-0.3, -0.25) is 4.79 Å². The van der Waals surface area contributed by atoms with Gasteiger partial charge in [0.05, 0.1) is 12.5 Å². The molecule has 110 valence electrons. The second kappa shape index (κ2) is 6.75. The molecule has 20 heavy (non-hydrogen) atoms. The summed E-state index contributed by atoms with van der Waals surface area (Å²) in [4.78, 5) is 12.6. The van der Waals surface area contributed by atoms with Crippen molar-refractivity contribution in [2.24, 2.45) is 11.1 Å². The molecule has 0 unspecified atom stereocenters. The maximum atomic E-state index is 12.6. The van der Waals surface area contributed by atoms with Crippen molar-refractivity contribution in [1.29, 1.82) is 0 Å². The first-order valence-corrected chi connectivity index (χ1v) is 7.36. The van der Waals surface area contributed by atoms with Crippen LogP contribution >= 0.6 is 0 Å². The van der Waals surface area contributed by atoms with E-state index in [0.717, 1.165) is 37.1 Å². The topological polar surface area (TPSA) is 64.3 Å². The fourth-order valence-electron chi connectivity index (χ4n) is 2.89. The van der Waals surface area contributed by atoms with Crippen molar-refractivity contribution < 1.29 is 9.53 Å². The highest BCUT2D eigenvalue weighted by atomic mass is 16.5. The summed E-state index contributed by atoms with van der Waals surface area (Å²) in [6.45, 7) is 0.419. The van der Waals surface area contributed by atoms with Crippen LogP contribution in [0.15, 0.2) is 24.3 Å². The lowest BCUT2D eigenvalue weighted by molar-refractivity contribution is -0.125. The SMILES string of the molecule is COc1cccc(NC(=O)C2(CN)CCCCCC2)c1. The van der Waals surface area contributed by atoms with E-state index < -0.39 is 5.41 Å². The average Bonchev–Trinajstić information content (AvgIpc) is 2.74. The maximum Gasteiger partial charge on any atom is 0.231 e. The van der Waals surface area contributed by atoms with Gasteiger partial charge in [0, 0.05) is 18.3 Å². The maximum absolute atomic E-state index is 12.6. The number of benzene rings is 1. The van der Waals surface area contributed by atoms with E-state index in [0.29, 0.717) is 6.54 Å². The third-order valence-electron chi connectivity index (χ3n) is 4.26. The Hall–Kier alpha value is -1.55. The summed E-state index contributed by atoms with van der Waals surface area (Å²) in [6, 6.07) is 7.44. The van der Waals surface area contributed by atoms with Gasteiger partial charge in [0.15, 0.2) is 0 Å². The van der Waals surface area contributed by atoms with E-state index in [1.54, 1.807) is 7.11 Å². The Balaban J connectivity index is 2.11. The summed E-state index contributed by atoms with van der Waals surface area (Å²) in [5, 5.41) is 3.01. The van der Waals surface area contributed by atoms with Crippen LogP contribution in [0.5, 0.6) is 5.75 Å². The highest BCUT2D eigenvalue weighted by molar-refractivity contribution is 5.95. The van der Waals surface area contributed by atoms with Gasteiger partial charge in [-0.1, -0.05) is 31.7 Å². The van der Waals surface area contributed by atoms with Gasteiger partial charge >= 0.3 is 0 Å². The number of carbonyl (C=O) groups is 1. The van der Waals surface area contributed by atoms with Crippen LogP contribution in [0.3, 0.4) is 0 Å². The zero-order valence-electron chi connectivity index (χ0n) is 12.2. The highest BCUT2D eigenvalue weighted by Gasteiger charge is 2.37. The molecule has 1 aromatic carbocycles. The number of hydrogen-bond acceptors (Lipinski definition) is 3. The van der Waals surface area contributed by atoms with Crippen LogP contribution in [0.25, 0.3) is 0 Å². The molecule has 0 heterocycles. The smallest absolute Gasteiger partial charge is 0.231 e. The molecule has 0 aliphatic heterocycles. The third kappa shape index (κ3) is 3.31. The largest absolute Gasteiger partial charge is 0.497 e. The molecule has 0 atom stereocenters. The van der Waals surface area contributed by atoms with Gasteiger partial charge in [0.2, 0.25) is 5.91 Å². The van der Waals surface area contributed by atoms with Crippen LogP contribution in [-0.4, -0.2) is 19.6 Å². The first-order chi connectivity index (χ1) is 9.70. The first kappa shape index (κ1) is 14.9. The predicted octanol–water partition coefficient (Wildman–Crippen LogP) is 2.93. The Morgan fingerprint density at radius 3 is 2.60 bits per heavy atom. The third-order valence-corrected chi connectivity index (χ3v) is 4.26. The van der Waals surface area contributed by atoms with E-state index in [1.165, 1.54) is 12.8 Å². The lowest BCUT2D eigenvalue weighted by Gasteiger charge is -2.29. The summed E-state index contributed by atoms with van der Waals surface area (Å²) in [5.41, 5.74) is 6.30. The molecule has 0 bridgehead atoms. The second-order valence-electron chi connectivity index (χ2n) is 5.58. The van der Waals surface area contributed by atoms with Crippen molar-refractivity contribution in [1.82, 2.24) is 0 Å². The minimum absolute atomic E-state index is 0.0511. The lowest BCUT2D eigenvalue weighted by atomic mass is 9.79. The molecule has 1 fully saturated rings. The number of nitrogens with one attached hydrogen (secondary N) is 1. The van der Waals surface area contributed by atoms with Crippen LogP contribution in [0, 0.1) is 5.41 Å². The van der Waals surface area contributed by atoms with Gasteiger partial charge in [-0.25, -0.2) is 0 Å². The van der Waals surface area contributed by atoms with Gasteiger partial charge < -0.3 is 15.8 Å². The Morgan fingerprint density at radius 2 is 2.00 bits per heavy atom. The van der Waals surface area contributed by atoms with Crippen molar-refractivity contribution in [3.63, 3.8) is 0 Å². The van der Waals surface area contributed by atoms with Crippen LogP contribution in [0.2, 0.25) is 0 Å². The monoisotopic (exact) mass is 276 g/mol. The molecule has 1 amide bonds. The molecule has 0 radical (unpaired) electrons. The van der Waals surface area contributed by atoms with Crippen LogP contribution in [0.1, 0.15) is 38.5 Å². The molecule has 2 rings (SSSR count). The van der Waals surface area contributed by atoms with E-state index in [1.807, 2.05) is 24.3 Å². The first-order valence-electron chi connectivity index (χ1n) is 7.36. The predicted molar refractivity (Wildman–Crippen MR) is 80.8 cm³/mol. The molecular formula is C16H24N2O2. The van der Waals surface area contributed by atoms with Crippen LogP contribution < -0.4 is 15.8 Å². The summed E-state index contributed by atoms with van der Waals surface area (Å²) < 4.78 is 5.18. The van der Waals surface area contributed by atoms with E-state index in [4.69, 9.17) is 10.5 Å². The Labute approximate surface area is 120 Å². The normalized spacial score (nSPS) is 18.1. The lowest BCUT2D eigenvalue weighted by Crippen LogP contribution is -2.42. The molecule has 1 saturated carbocycles. The minimum atomic E-state index is -0.403. The molecule has 1 aliphatic rings. The van der Waals surface area contributed by atoms with Gasteiger partial charge in [-0.2, -0.15) is 0 Å². The van der Waals surface area contributed by atoms with E-state index >= 15 is 0 Å². The van der Waals surface area contributed by atoms with Crippen molar-refractivity contribution in [2.45, 2.75) is 38.5 Å². The molecule has 1 aliphatic carbocycles. The van der Waals surface area contributed by atoms with Crippen molar-refractivity contribution in [2.75, 3.05) is 19.0 Å². The number of methoxy groups -OCH3 is 1. The molecular weight excluding hydrogens is 252 g/mol. The van der Waals surface area contributed by atoms with Crippen molar-refractivity contribution in [3.8, 4) is 5.75 Å². The number of ether oxygens (including phenoxy) is 1. The van der Waals surface area contributed by atoms with Crippen molar-refractivity contribution in [3.05, 3.63) is 24.3 Å². The number of nitrogens with two attached hydrogens (primary N) is 1. The molecule has 0 saturated heterocycles. The zero-order chi connectivity index (χ0) is 14.4. The molecule has 1 aromatic rings. The summed E-state index contributed by atoms with van der Waals surface area (Å²) >= 11 is 0. The van der Waals surface area contributed by atoms with Gasteiger partial charge in [0.25, 0.3) is 0 Å². The quantitative estimate of drug-likeness (QED) is 0.831. The Bertz CT molecular complexity index is 452. The standard InChI is InChI=1S/C16H24N2O2/c1-20-14-8-6-7-13(11-14)18-15(19)16(12-17)9-4-2-3-5-10-16/h6-8,11H,2-5,9-10,12,17H2,1H3,(H,18,19). The van der Waals surface area contributed by atoms with Gasteiger partial charge in [0.1, 0.15) is 5.75 Å². The Kier molecular flexibility index (Phi) is 5.01. The van der Waals surface area contributed by atoms with Crippen LogP contribution in [0.4, 0.5) is 5.69 Å². The molecule has 4 heteroatoms. The average molecular weight is 276 g/mol. The molecule has 0 aromatic heterocycles. The summed E-state index contributed by atoms with van der Waals surface area (Å²) in [5.74, 6) is 0.792. The number of rotatable bonds is 4. The van der Waals surface area contributed by atoms with E-state index in [2.05, 4.69) is 5.32 Å². The molecule has 4 nitrogen and oxygen atoms in total. The zero-order valence-corrected chi connectivity index (χ0v) is 12.2. The number of hydrogen-bond donors (Lipinski definition) is 2. The summed E-state index contributed by atoms with van der Waals surface area (Å²) in [6.07, 6.45) is 6.35. The fourth-order valence-corrected chi connectivity index (χ4v) is 2.89. The van der Waals surface area contributed by atoms with E-state index in [-0.39, 0.29) is 5.91 Å². The Morgan fingerprint density at radius 1 is 1.30 bits per heavy atom. The number of amides is 1. The van der Waals surface area contributed by atoms with Crippen molar-refractivity contribution >= 4 is 11.6 Å². The van der Waals surface area contributed by atoms with Crippen LogP contribution in [-0.2, 0) is 4.79 Å². The highest BCUT2D eigenvalue weighted by Crippen LogP contribution is 2.35. The van der Waals surface area contributed by atoms with Gasteiger partial charge in [-0.05, 0) is 25.0 Å². The fraction of sp³-hybridized carbons (Fsp3) is 0.562. The minimum Gasteiger partial charge on any atom is -0.497 e. The number of anilines is 1. The molecule has 0 spiro atoms. The number of carbonyl (C=O) groups excluding carboxylic acids is 1. The van der Waals surface area contributed by atoms with Gasteiger partial charge in [-0.15, -0.1) is 0 Å². The molecule has 3 N–H and O–H groups in total. The summed E-state index contributed by atoms with van der Waals surface area (Å²) in [7, 11) is 1.62. The second-order valence-corrected chi connectivity index (χ2v) is 5.58.